The summed E-state index contributed by atoms with van der Waals surface area (Å²) in [6, 6.07) is 8.73. The smallest absolute Gasteiger partial charge is 0.313 e. The Morgan fingerprint density at radius 3 is 2.71 bits per heavy atom. The predicted octanol–water partition coefficient (Wildman–Crippen LogP) is 2.49. The van der Waals surface area contributed by atoms with Gasteiger partial charge in [-0.2, -0.15) is 15.0 Å². The van der Waals surface area contributed by atoms with Crippen LogP contribution in [0.2, 0.25) is 0 Å². The van der Waals surface area contributed by atoms with Gasteiger partial charge in [0.2, 0.25) is 5.88 Å². The van der Waals surface area contributed by atoms with Crippen molar-refractivity contribution >= 4 is 18.0 Å². The van der Waals surface area contributed by atoms with E-state index in [4.69, 9.17) is 5.26 Å². The highest BCUT2D eigenvalue weighted by Crippen LogP contribution is 2.35. The second kappa shape index (κ2) is 5.66. The summed E-state index contributed by atoms with van der Waals surface area (Å²) in [6.45, 7) is 1.59. The number of nitrogens with zero attached hydrogens (tertiary/aromatic N) is 4. The molecule has 0 bridgehead atoms. The van der Waals surface area contributed by atoms with E-state index in [-0.39, 0.29) is 18.1 Å². The minimum atomic E-state index is -1.09. The molecule has 7 heteroatoms. The van der Waals surface area contributed by atoms with Gasteiger partial charge in [-0.1, -0.05) is 12.1 Å². The van der Waals surface area contributed by atoms with E-state index in [0.29, 0.717) is 16.7 Å². The van der Waals surface area contributed by atoms with Gasteiger partial charge < -0.3 is 10.2 Å². The highest BCUT2D eigenvalue weighted by molar-refractivity contribution is 5.86. The normalized spacial score (nSPS) is 19.6. The lowest BCUT2D eigenvalue weighted by molar-refractivity contribution is -0.144. The van der Waals surface area contributed by atoms with Gasteiger partial charge in [-0.15, -0.1) is 0 Å². The van der Waals surface area contributed by atoms with Crippen LogP contribution < -0.4 is 0 Å². The van der Waals surface area contributed by atoms with Crippen LogP contribution in [-0.4, -0.2) is 32.2 Å². The molecule has 2 heterocycles. The van der Waals surface area contributed by atoms with E-state index < -0.39 is 11.4 Å². The number of carboxylic acid groups (broad SMARTS) is 1. The van der Waals surface area contributed by atoms with Crippen LogP contribution in [0.4, 0.5) is 0 Å². The largest absolute Gasteiger partial charge is 0.493 e. The number of benzene rings is 1. The Kier molecular flexibility index (Phi) is 3.66. The number of aromatic nitrogens is 2. The second-order valence-electron chi connectivity index (χ2n) is 5.72. The summed E-state index contributed by atoms with van der Waals surface area (Å²) in [5.74, 6) is -0.855. The summed E-state index contributed by atoms with van der Waals surface area (Å²) in [6.07, 6.45) is 4.73. The highest BCUT2D eigenvalue weighted by atomic mass is 16.4. The topological polar surface area (TPSA) is 112 Å². The fourth-order valence-electron chi connectivity index (χ4n) is 2.41. The number of aromatic hydroxyl groups is 1. The summed E-state index contributed by atoms with van der Waals surface area (Å²) in [4.78, 5) is 15.5. The molecular weight excluding hydrogens is 308 g/mol. The van der Waals surface area contributed by atoms with E-state index in [1.807, 2.05) is 6.07 Å². The third-order valence-electron chi connectivity index (χ3n) is 3.96. The lowest BCUT2D eigenvalue weighted by Gasteiger charge is -2.22. The number of aliphatic imine (C=N–C) groups is 1. The molecule has 0 amide bonds. The number of hydrogen-bond donors (Lipinski definition) is 2. The van der Waals surface area contributed by atoms with E-state index in [1.165, 1.54) is 23.2 Å². The molecule has 0 saturated carbocycles. The van der Waals surface area contributed by atoms with Gasteiger partial charge in [-0.25, -0.2) is 4.99 Å². The van der Waals surface area contributed by atoms with Crippen molar-refractivity contribution in [2.45, 2.75) is 13.3 Å². The Balaban J connectivity index is 2.01. The molecule has 7 nitrogen and oxygen atoms in total. The van der Waals surface area contributed by atoms with Crippen molar-refractivity contribution in [3.8, 4) is 23.1 Å². The quantitative estimate of drug-likeness (QED) is 0.901. The fourth-order valence-corrected chi connectivity index (χ4v) is 2.41. The lowest BCUT2D eigenvalue weighted by atomic mass is 9.86. The van der Waals surface area contributed by atoms with Crippen LogP contribution in [0.5, 0.6) is 5.88 Å². The second-order valence-corrected chi connectivity index (χ2v) is 5.72. The molecular formula is C17H14N4O3. The van der Waals surface area contributed by atoms with E-state index in [9.17, 15) is 15.0 Å². The number of hydrogen-bond acceptors (Lipinski definition) is 5. The lowest BCUT2D eigenvalue weighted by Crippen LogP contribution is -2.28. The van der Waals surface area contributed by atoms with E-state index in [0.717, 1.165) is 0 Å². The van der Waals surface area contributed by atoms with Crippen molar-refractivity contribution in [1.29, 1.82) is 5.26 Å². The summed E-state index contributed by atoms with van der Waals surface area (Å²) in [5.41, 5.74) is 0.587. The first kappa shape index (κ1) is 15.5. The molecule has 1 atom stereocenters. The molecule has 0 fully saturated rings. The van der Waals surface area contributed by atoms with Crippen LogP contribution in [0.25, 0.3) is 16.9 Å². The van der Waals surface area contributed by atoms with E-state index in [1.54, 1.807) is 31.2 Å². The molecule has 1 aromatic heterocycles. The van der Waals surface area contributed by atoms with Gasteiger partial charge >= 0.3 is 5.97 Å². The summed E-state index contributed by atoms with van der Waals surface area (Å²) >= 11 is 0. The third kappa shape index (κ3) is 2.54. The maximum absolute atomic E-state index is 11.4. The van der Waals surface area contributed by atoms with Gasteiger partial charge in [-0.05, 0) is 30.7 Å². The molecule has 1 aliphatic heterocycles. The number of carboxylic acids is 1. The Bertz CT molecular complexity index is 903. The molecule has 0 saturated heterocycles. The molecule has 0 radical (unpaired) electrons. The molecule has 2 N–H and O–H groups in total. The summed E-state index contributed by atoms with van der Waals surface area (Å²) in [5, 5.41) is 32.7. The first-order chi connectivity index (χ1) is 11.4. The summed E-state index contributed by atoms with van der Waals surface area (Å²) < 4.78 is 1.20. The van der Waals surface area contributed by atoms with Crippen LogP contribution >= 0.6 is 0 Å². The van der Waals surface area contributed by atoms with Crippen LogP contribution in [0.1, 0.15) is 18.9 Å². The van der Waals surface area contributed by atoms with Gasteiger partial charge in [0, 0.05) is 12.6 Å². The number of nitriles is 1. The minimum Gasteiger partial charge on any atom is -0.493 e. The molecule has 2 aromatic rings. The third-order valence-corrected chi connectivity index (χ3v) is 3.96. The Morgan fingerprint density at radius 1 is 1.38 bits per heavy atom. The van der Waals surface area contributed by atoms with Gasteiger partial charge in [0.1, 0.15) is 0 Å². The average molecular weight is 322 g/mol. The molecule has 3 rings (SSSR count). The molecule has 0 spiro atoms. The molecule has 24 heavy (non-hydrogen) atoms. The van der Waals surface area contributed by atoms with Gasteiger partial charge in [0.15, 0.2) is 5.82 Å². The maximum atomic E-state index is 11.4. The van der Waals surface area contributed by atoms with Crippen molar-refractivity contribution in [2.24, 2.45) is 10.4 Å². The highest BCUT2D eigenvalue weighted by Gasteiger charge is 2.33. The molecule has 120 valence electrons. The number of rotatable bonds is 3. The van der Waals surface area contributed by atoms with Crippen molar-refractivity contribution in [2.75, 3.05) is 0 Å². The molecule has 1 unspecified atom stereocenters. The first-order valence-corrected chi connectivity index (χ1v) is 7.21. The van der Waals surface area contributed by atoms with Crippen molar-refractivity contribution < 1.29 is 15.0 Å². The van der Waals surface area contributed by atoms with E-state index >= 15 is 0 Å². The van der Waals surface area contributed by atoms with Crippen molar-refractivity contribution in [1.82, 2.24) is 9.78 Å². The van der Waals surface area contributed by atoms with Crippen LogP contribution in [0.3, 0.4) is 0 Å². The molecule has 1 aromatic carbocycles. The van der Waals surface area contributed by atoms with Crippen LogP contribution in [0, 0.1) is 16.7 Å². The number of carbonyl (C=O) groups is 1. The zero-order valence-electron chi connectivity index (χ0n) is 12.8. The standard InChI is InChI=1S/C17H14N4O3/c1-17(16(23)24)6-7-19-14(8-17)21-15(22)13(10-20-21)12-4-2-11(9-18)3-5-12/h2-5,7-8,10,22H,6H2,1H3,(H,23,24). The van der Waals surface area contributed by atoms with Crippen molar-refractivity contribution in [3.05, 3.63) is 42.1 Å². The van der Waals surface area contributed by atoms with Gasteiger partial charge in [0.05, 0.1) is 28.8 Å². The van der Waals surface area contributed by atoms with Gasteiger partial charge in [0.25, 0.3) is 0 Å². The summed E-state index contributed by atoms with van der Waals surface area (Å²) in [7, 11) is 0. The van der Waals surface area contributed by atoms with E-state index in [2.05, 4.69) is 10.1 Å². The Hall–Kier alpha value is -3.40. The first-order valence-electron chi connectivity index (χ1n) is 7.21. The fraction of sp³-hybridized carbons (Fsp3) is 0.176. The monoisotopic (exact) mass is 322 g/mol. The minimum absolute atomic E-state index is 0.141. The number of aliphatic carboxylic acids is 1. The molecule has 0 aliphatic carbocycles. The molecule has 1 aliphatic rings. The predicted molar refractivity (Wildman–Crippen MR) is 87.2 cm³/mol. The Morgan fingerprint density at radius 2 is 2.08 bits per heavy atom. The maximum Gasteiger partial charge on any atom is 0.313 e. The van der Waals surface area contributed by atoms with Gasteiger partial charge in [-0.3, -0.25) is 4.79 Å². The van der Waals surface area contributed by atoms with Crippen molar-refractivity contribution in [3.63, 3.8) is 0 Å². The Labute approximate surface area is 137 Å². The SMILES string of the molecule is CC1(C(=O)O)C=C(n2ncc(-c3ccc(C#N)cc3)c2O)N=CC1. The van der Waals surface area contributed by atoms with Crippen LogP contribution in [0.15, 0.2) is 41.5 Å². The average Bonchev–Trinajstić information content (AvgIpc) is 2.96. The van der Waals surface area contributed by atoms with Crippen LogP contribution in [-0.2, 0) is 4.79 Å². The zero-order chi connectivity index (χ0) is 17.3. The zero-order valence-corrected chi connectivity index (χ0v) is 12.8.